The van der Waals surface area contributed by atoms with E-state index in [1.807, 2.05) is 42.5 Å². The summed E-state index contributed by atoms with van der Waals surface area (Å²) in [5, 5.41) is 4.38. The van der Waals surface area contributed by atoms with E-state index in [4.69, 9.17) is 4.43 Å². The van der Waals surface area contributed by atoms with Crippen molar-refractivity contribution in [2.45, 2.75) is 43.5 Å². The molecule has 4 rings (SSSR count). The lowest BCUT2D eigenvalue weighted by atomic mass is 10.1. The quantitative estimate of drug-likeness (QED) is 0.209. The second kappa shape index (κ2) is 10.5. The Kier molecular flexibility index (Phi) is 7.60. The predicted molar refractivity (Wildman–Crippen MR) is 149 cm³/mol. The smallest absolute Gasteiger partial charge is 0.261 e. The third kappa shape index (κ3) is 5.42. The first kappa shape index (κ1) is 25.4. The molecule has 0 bridgehead atoms. The maximum atomic E-state index is 13.0. The average molecular weight is 503 g/mol. The lowest BCUT2D eigenvalue weighted by Crippen LogP contribution is -2.66. The molecule has 0 spiro atoms. The van der Waals surface area contributed by atoms with E-state index in [1.54, 1.807) is 12.1 Å². The molecule has 0 aliphatic heterocycles. The van der Waals surface area contributed by atoms with Gasteiger partial charge in [-0.1, -0.05) is 112 Å². The van der Waals surface area contributed by atoms with E-state index in [2.05, 4.69) is 69.3 Å². The molecular weight excluding hydrogens is 468 g/mol. The molecule has 182 valence electrons. The standard InChI is InChI=1S/C30H34O3SSi/c1-30(2,3)35(28-16-6-4-7-17-28,29-18-8-5-9-19-29)33-22-12-13-23-34(31,32)27-21-20-25-14-10-11-15-26(25)24-27/h4-11,14-21,24H,12-13,22-23H2,1-3H3. The van der Waals surface area contributed by atoms with E-state index < -0.39 is 18.2 Å². The van der Waals surface area contributed by atoms with Crippen LogP contribution in [0.3, 0.4) is 0 Å². The SMILES string of the molecule is CC(C)(C)[Si](OCCCCS(=O)(=O)c1ccc2ccccc2c1)(c1ccccc1)c1ccccc1. The second-order valence-corrected chi connectivity index (χ2v) is 16.5. The maximum absolute atomic E-state index is 13.0. The average Bonchev–Trinajstić information content (AvgIpc) is 2.86. The van der Waals surface area contributed by atoms with E-state index >= 15 is 0 Å². The van der Waals surface area contributed by atoms with Crippen LogP contribution in [-0.2, 0) is 14.3 Å². The molecular formula is C30H34O3SSi. The Hall–Kier alpha value is -2.73. The van der Waals surface area contributed by atoms with Gasteiger partial charge in [-0.25, -0.2) is 8.42 Å². The summed E-state index contributed by atoms with van der Waals surface area (Å²) >= 11 is 0. The van der Waals surface area contributed by atoms with Gasteiger partial charge < -0.3 is 4.43 Å². The molecule has 0 atom stereocenters. The summed E-state index contributed by atoms with van der Waals surface area (Å²) in [6, 6.07) is 34.3. The number of hydrogen-bond donors (Lipinski definition) is 0. The number of rotatable bonds is 9. The highest BCUT2D eigenvalue weighted by Gasteiger charge is 2.49. The monoisotopic (exact) mass is 502 g/mol. The van der Waals surface area contributed by atoms with Crippen LogP contribution in [0.4, 0.5) is 0 Å². The molecule has 0 saturated carbocycles. The molecule has 0 saturated heterocycles. The number of unbranched alkanes of at least 4 members (excludes halogenated alkanes) is 1. The highest BCUT2D eigenvalue weighted by molar-refractivity contribution is 7.91. The molecule has 3 nitrogen and oxygen atoms in total. The summed E-state index contributed by atoms with van der Waals surface area (Å²) in [4.78, 5) is 0.393. The Balaban J connectivity index is 1.49. The van der Waals surface area contributed by atoms with Crippen LogP contribution in [0.5, 0.6) is 0 Å². The lowest BCUT2D eigenvalue weighted by molar-refractivity contribution is 0.290. The molecule has 0 aromatic heterocycles. The van der Waals surface area contributed by atoms with Gasteiger partial charge in [-0.15, -0.1) is 0 Å². The number of hydrogen-bond acceptors (Lipinski definition) is 3. The number of benzene rings is 4. The van der Waals surface area contributed by atoms with Gasteiger partial charge in [-0.05, 0) is 51.2 Å². The lowest BCUT2D eigenvalue weighted by Gasteiger charge is -2.43. The second-order valence-electron chi connectivity index (χ2n) is 10.0. The molecule has 0 N–H and O–H groups in total. The zero-order valence-electron chi connectivity index (χ0n) is 20.8. The van der Waals surface area contributed by atoms with E-state index in [9.17, 15) is 8.42 Å². The largest absolute Gasteiger partial charge is 0.407 e. The zero-order valence-corrected chi connectivity index (χ0v) is 22.6. The molecule has 0 amide bonds. The molecule has 0 unspecified atom stereocenters. The van der Waals surface area contributed by atoms with Crippen molar-refractivity contribution in [1.82, 2.24) is 0 Å². The Labute approximate surface area is 210 Å². The topological polar surface area (TPSA) is 43.4 Å². The van der Waals surface area contributed by atoms with Crippen molar-refractivity contribution in [2.24, 2.45) is 0 Å². The van der Waals surface area contributed by atoms with Crippen LogP contribution >= 0.6 is 0 Å². The maximum Gasteiger partial charge on any atom is 0.261 e. The zero-order chi connectivity index (χ0) is 24.9. The van der Waals surface area contributed by atoms with Crippen molar-refractivity contribution in [3.63, 3.8) is 0 Å². The summed E-state index contributed by atoms with van der Waals surface area (Å²) in [5.74, 6) is 0.120. The Morgan fingerprint density at radius 2 is 1.23 bits per heavy atom. The van der Waals surface area contributed by atoms with Crippen LogP contribution in [0.1, 0.15) is 33.6 Å². The first-order valence-corrected chi connectivity index (χ1v) is 15.8. The van der Waals surface area contributed by atoms with Crippen LogP contribution in [0, 0.1) is 0 Å². The molecule has 35 heavy (non-hydrogen) atoms. The van der Waals surface area contributed by atoms with E-state index in [0.29, 0.717) is 24.3 Å². The first-order chi connectivity index (χ1) is 16.7. The molecule has 0 radical (unpaired) electrons. The fraction of sp³-hybridized carbons (Fsp3) is 0.267. The minimum absolute atomic E-state index is 0.0904. The van der Waals surface area contributed by atoms with Crippen LogP contribution < -0.4 is 10.4 Å². The van der Waals surface area contributed by atoms with E-state index in [-0.39, 0.29) is 10.8 Å². The summed E-state index contributed by atoms with van der Waals surface area (Å²) in [6.45, 7) is 7.29. The Morgan fingerprint density at radius 3 is 1.80 bits per heavy atom. The molecule has 0 fully saturated rings. The Morgan fingerprint density at radius 1 is 0.686 bits per heavy atom. The third-order valence-corrected chi connectivity index (χ3v) is 13.5. The van der Waals surface area contributed by atoms with Crippen LogP contribution in [0.25, 0.3) is 10.8 Å². The van der Waals surface area contributed by atoms with Crippen molar-refractivity contribution in [1.29, 1.82) is 0 Å². The van der Waals surface area contributed by atoms with Gasteiger partial charge in [0.05, 0.1) is 10.6 Å². The minimum Gasteiger partial charge on any atom is -0.407 e. The summed E-state index contributed by atoms with van der Waals surface area (Å²) in [6.07, 6.45) is 1.25. The van der Waals surface area contributed by atoms with Gasteiger partial charge in [0.25, 0.3) is 8.32 Å². The highest BCUT2D eigenvalue weighted by atomic mass is 32.2. The van der Waals surface area contributed by atoms with Crippen molar-refractivity contribution in [3.8, 4) is 0 Å². The molecule has 4 aromatic rings. The van der Waals surface area contributed by atoms with Crippen LogP contribution in [0.2, 0.25) is 5.04 Å². The number of sulfone groups is 1. The van der Waals surface area contributed by atoms with Crippen molar-refractivity contribution >= 4 is 39.3 Å². The molecule has 5 heteroatoms. The van der Waals surface area contributed by atoms with Gasteiger partial charge in [0, 0.05) is 6.61 Å². The molecule has 0 aliphatic rings. The fourth-order valence-electron chi connectivity index (χ4n) is 4.86. The van der Waals surface area contributed by atoms with Crippen LogP contribution in [0.15, 0.2) is 108 Å². The first-order valence-electron chi connectivity index (χ1n) is 12.2. The van der Waals surface area contributed by atoms with Gasteiger partial charge in [0.15, 0.2) is 9.84 Å². The summed E-state index contributed by atoms with van der Waals surface area (Å²) in [5.41, 5.74) is 0. The number of fused-ring (bicyclic) bond motifs is 1. The molecule has 0 heterocycles. The van der Waals surface area contributed by atoms with Gasteiger partial charge in [0.2, 0.25) is 0 Å². The van der Waals surface area contributed by atoms with Gasteiger partial charge in [-0.3, -0.25) is 0 Å². The minimum atomic E-state index is -3.34. The van der Waals surface area contributed by atoms with Crippen molar-refractivity contribution < 1.29 is 12.8 Å². The third-order valence-electron chi connectivity index (χ3n) is 6.62. The normalized spacial score (nSPS) is 12.7. The fourth-order valence-corrected chi connectivity index (χ4v) is 10.9. The van der Waals surface area contributed by atoms with E-state index in [1.165, 1.54) is 10.4 Å². The van der Waals surface area contributed by atoms with Crippen LogP contribution in [-0.4, -0.2) is 29.1 Å². The van der Waals surface area contributed by atoms with Crippen molar-refractivity contribution in [3.05, 3.63) is 103 Å². The van der Waals surface area contributed by atoms with Gasteiger partial charge >= 0.3 is 0 Å². The Bertz CT molecular complexity index is 1320. The summed E-state index contributed by atoms with van der Waals surface area (Å²) < 4.78 is 32.9. The van der Waals surface area contributed by atoms with Gasteiger partial charge in [0.1, 0.15) is 0 Å². The van der Waals surface area contributed by atoms with E-state index in [0.717, 1.165) is 10.8 Å². The highest BCUT2D eigenvalue weighted by Crippen LogP contribution is 2.36. The molecule has 0 aliphatic carbocycles. The summed E-state index contributed by atoms with van der Waals surface area (Å²) in [7, 11) is -5.93. The van der Waals surface area contributed by atoms with Crippen molar-refractivity contribution in [2.75, 3.05) is 12.4 Å². The predicted octanol–water partition coefficient (Wildman–Crippen LogP) is 5.97. The van der Waals surface area contributed by atoms with Gasteiger partial charge in [-0.2, -0.15) is 0 Å². The molecule has 4 aromatic carbocycles.